The Morgan fingerprint density at radius 3 is 2.10 bits per heavy atom. The molecule has 1 saturated heterocycles. The summed E-state index contributed by atoms with van der Waals surface area (Å²) in [5.41, 5.74) is -1.17. The van der Waals surface area contributed by atoms with Crippen molar-refractivity contribution < 1.29 is 27.6 Å². The highest BCUT2D eigenvalue weighted by Gasteiger charge is 2.54. The van der Waals surface area contributed by atoms with E-state index >= 15 is 0 Å². The van der Waals surface area contributed by atoms with Crippen LogP contribution in [0.4, 0.5) is 8.78 Å². The molecule has 0 unspecified atom stereocenters. The summed E-state index contributed by atoms with van der Waals surface area (Å²) in [7, 11) is 0.406. The Hall–Kier alpha value is -1.48. The third-order valence-corrected chi connectivity index (χ3v) is 3.69. The summed E-state index contributed by atoms with van der Waals surface area (Å²) in [6.45, 7) is 4.35. The Balaban J connectivity index is 2.43. The second-order valence-electron chi connectivity index (χ2n) is 5.57. The van der Waals surface area contributed by atoms with Crippen LogP contribution in [0.15, 0.2) is 6.33 Å². The molecule has 9 heteroatoms. The van der Waals surface area contributed by atoms with Crippen molar-refractivity contribution in [3.8, 4) is 11.8 Å². The van der Waals surface area contributed by atoms with Crippen molar-refractivity contribution in [1.82, 2.24) is 9.97 Å². The molecule has 0 bridgehead atoms. The molecule has 1 fully saturated rings. The number of methoxy groups -OCH3 is 1. The van der Waals surface area contributed by atoms with Crippen molar-refractivity contribution >= 4 is 12.6 Å². The van der Waals surface area contributed by atoms with Crippen LogP contribution in [0.5, 0.6) is 11.8 Å². The molecule has 0 aliphatic carbocycles. The number of ether oxygens (including phenoxy) is 2. The maximum atomic E-state index is 12.5. The van der Waals surface area contributed by atoms with Crippen molar-refractivity contribution in [2.24, 2.45) is 0 Å². The fourth-order valence-electron chi connectivity index (χ4n) is 1.87. The third kappa shape index (κ3) is 2.93. The van der Waals surface area contributed by atoms with Crippen molar-refractivity contribution in [2.45, 2.75) is 45.5 Å². The highest BCUT2D eigenvalue weighted by atomic mass is 19.3. The van der Waals surface area contributed by atoms with Gasteiger partial charge in [-0.05, 0) is 27.7 Å². The average molecular weight is 302 g/mol. The molecular weight excluding hydrogens is 285 g/mol. The largest absolute Gasteiger partial charge is 0.506 e. The minimum atomic E-state index is -3.02. The lowest BCUT2D eigenvalue weighted by atomic mass is 9.80. The van der Waals surface area contributed by atoms with Crippen LogP contribution in [-0.4, -0.2) is 42.0 Å². The first-order valence-corrected chi connectivity index (χ1v) is 6.37. The lowest BCUT2D eigenvalue weighted by Gasteiger charge is -2.32. The van der Waals surface area contributed by atoms with Crippen LogP contribution < -0.4 is 14.9 Å². The van der Waals surface area contributed by atoms with Gasteiger partial charge in [0.2, 0.25) is 11.8 Å². The average Bonchev–Trinajstić information content (AvgIpc) is 2.57. The summed E-state index contributed by atoms with van der Waals surface area (Å²) in [6, 6.07) is 0. The van der Waals surface area contributed by atoms with Gasteiger partial charge in [0.05, 0.1) is 18.3 Å². The smallest absolute Gasteiger partial charge is 0.481 e. The molecule has 2 rings (SSSR count). The monoisotopic (exact) mass is 302 g/mol. The van der Waals surface area contributed by atoms with Gasteiger partial charge in [-0.1, -0.05) is 0 Å². The second kappa shape index (κ2) is 5.38. The van der Waals surface area contributed by atoms with E-state index < -0.39 is 24.9 Å². The summed E-state index contributed by atoms with van der Waals surface area (Å²) in [5, 5.41) is 0. The lowest BCUT2D eigenvalue weighted by Crippen LogP contribution is -2.41. The molecule has 6 nitrogen and oxygen atoms in total. The molecule has 0 spiro atoms. The van der Waals surface area contributed by atoms with Crippen LogP contribution in [0.2, 0.25) is 0 Å². The van der Waals surface area contributed by atoms with Gasteiger partial charge < -0.3 is 18.8 Å². The lowest BCUT2D eigenvalue weighted by molar-refractivity contribution is -0.0523. The van der Waals surface area contributed by atoms with Gasteiger partial charge in [0.15, 0.2) is 0 Å². The quantitative estimate of drug-likeness (QED) is 0.783. The highest BCUT2D eigenvalue weighted by molar-refractivity contribution is 6.64. The molecule has 0 atom stereocenters. The number of hydrogen-bond acceptors (Lipinski definition) is 6. The second-order valence-corrected chi connectivity index (χ2v) is 5.57. The fourth-order valence-corrected chi connectivity index (χ4v) is 1.87. The van der Waals surface area contributed by atoms with Gasteiger partial charge in [-0.3, -0.25) is 0 Å². The minimum Gasteiger partial charge on any atom is -0.481 e. The number of halogens is 2. The number of alkyl halides is 2. The Bertz CT molecular complexity index is 512. The van der Waals surface area contributed by atoms with Crippen molar-refractivity contribution in [2.75, 3.05) is 7.11 Å². The van der Waals surface area contributed by atoms with Crippen LogP contribution in [-0.2, 0) is 9.31 Å². The maximum Gasteiger partial charge on any atom is 0.506 e. The van der Waals surface area contributed by atoms with E-state index in [1.165, 1.54) is 7.11 Å². The number of hydrogen-bond donors (Lipinski definition) is 0. The zero-order valence-electron chi connectivity index (χ0n) is 12.5. The summed E-state index contributed by atoms with van der Waals surface area (Å²) >= 11 is 0. The molecule has 1 aliphatic heterocycles. The van der Waals surface area contributed by atoms with Crippen LogP contribution >= 0.6 is 0 Å². The van der Waals surface area contributed by atoms with E-state index in [-0.39, 0.29) is 17.2 Å². The summed E-state index contributed by atoms with van der Waals surface area (Å²) in [6.07, 6.45) is 1.07. The van der Waals surface area contributed by atoms with Gasteiger partial charge in [-0.15, -0.1) is 0 Å². The number of rotatable bonds is 4. The maximum absolute atomic E-state index is 12.5. The SMILES string of the molecule is COc1ncnc(OC(F)F)c1B1OC(C)(C)C(C)(C)O1. The van der Waals surface area contributed by atoms with Gasteiger partial charge in [-0.2, -0.15) is 8.78 Å². The predicted octanol–water partition coefficient (Wildman–Crippen LogP) is 1.39. The molecule has 0 aromatic carbocycles. The molecule has 0 amide bonds. The standard InChI is InChI=1S/C12H17BF2N2O4/c1-11(2)12(3,4)21-13(20-11)7-8(18-5)16-6-17-9(7)19-10(14)15/h6,10H,1-5H3. The fraction of sp³-hybridized carbons (Fsp3) is 0.667. The molecule has 1 aliphatic rings. The molecule has 2 heterocycles. The molecule has 116 valence electrons. The van der Waals surface area contributed by atoms with Gasteiger partial charge in [-0.25, -0.2) is 9.97 Å². The Labute approximate surface area is 121 Å². The van der Waals surface area contributed by atoms with E-state index in [1.807, 2.05) is 27.7 Å². The van der Waals surface area contributed by atoms with Crippen molar-refractivity contribution in [1.29, 1.82) is 0 Å². The molecule has 0 radical (unpaired) electrons. The first-order chi connectivity index (χ1) is 9.68. The molecule has 21 heavy (non-hydrogen) atoms. The van der Waals surface area contributed by atoms with Crippen molar-refractivity contribution in [3.05, 3.63) is 6.33 Å². The van der Waals surface area contributed by atoms with Crippen molar-refractivity contribution in [3.63, 3.8) is 0 Å². The summed E-state index contributed by atoms with van der Waals surface area (Å²) in [5.74, 6) is -0.255. The minimum absolute atomic E-state index is 0.0687. The summed E-state index contributed by atoms with van der Waals surface area (Å²) < 4.78 is 46.2. The van der Waals surface area contributed by atoms with E-state index in [9.17, 15) is 8.78 Å². The highest BCUT2D eigenvalue weighted by Crippen LogP contribution is 2.37. The Morgan fingerprint density at radius 1 is 1.10 bits per heavy atom. The summed E-state index contributed by atoms with van der Waals surface area (Å²) in [4.78, 5) is 7.60. The zero-order valence-corrected chi connectivity index (χ0v) is 12.5. The van der Waals surface area contributed by atoms with Gasteiger partial charge in [0.25, 0.3) is 0 Å². The van der Waals surface area contributed by atoms with E-state index in [0.717, 1.165) is 6.33 Å². The Morgan fingerprint density at radius 2 is 1.62 bits per heavy atom. The van der Waals surface area contributed by atoms with Gasteiger partial charge in [0, 0.05) is 0 Å². The van der Waals surface area contributed by atoms with Gasteiger partial charge in [0.1, 0.15) is 11.8 Å². The molecular formula is C12H17BF2N2O4. The van der Waals surface area contributed by atoms with E-state index in [1.54, 1.807) is 0 Å². The van der Waals surface area contributed by atoms with E-state index in [4.69, 9.17) is 14.0 Å². The van der Waals surface area contributed by atoms with Crippen LogP contribution in [0.1, 0.15) is 27.7 Å². The number of aromatic nitrogens is 2. The Kier molecular flexibility index (Phi) is 4.07. The first kappa shape index (κ1) is 15.9. The molecule has 1 aromatic rings. The normalized spacial score (nSPS) is 19.9. The zero-order chi connectivity index (χ0) is 15.8. The third-order valence-electron chi connectivity index (χ3n) is 3.69. The molecule has 0 saturated carbocycles. The van der Waals surface area contributed by atoms with Crippen LogP contribution in [0.3, 0.4) is 0 Å². The predicted molar refractivity (Wildman–Crippen MR) is 70.9 cm³/mol. The first-order valence-electron chi connectivity index (χ1n) is 6.37. The van der Waals surface area contributed by atoms with E-state index in [0.29, 0.717) is 0 Å². The molecule has 0 N–H and O–H groups in total. The van der Waals surface area contributed by atoms with Crippen LogP contribution in [0.25, 0.3) is 0 Å². The topological polar surface area (TPSA) is 62.7 Å². The number of nitrogens with zero attached hydrogens (tertiary/aromatic N) is 2. The van der Waals surface area contributed by atoms with Gasteiger partial charge >= 0.3 is 13.7 Å². The molecule has 1 aromatic heterocycles. The van der Waals surface area contributed by atoms with E-state index in [2.05, 4.69) is 14.7 Å². The van der Waals surface area contributed by atoms with Crippen LogP contribution in [0, 0.1) is 0 Å².